The van der Waals surface area contributed by atoms with Gasteiger partial charge in [-0.15, -0.1) is 13.2 Å². The molecule has 0 aliphatic carbocycles. The summed E-state index contributed by atoms with van der Waals surface area (Å²) in [6, 6.07) is 3.04. The highest BCUT2D eigenvalue weighted by molar-refractivity contribution is 5.90. The Morgan fingerprint density at radius 1 is 1.40 bits per heavy atom. The van der Waals surface area contributed by atoms with Gasteiger partial charge >= 0.3 is 12.3 Å². The van der Waals surface area contributed by atoms with Gasteiger partial charge in [-0.1, -0.05) is 6.07 Å². The molecule has 1 aromatic carbocycles. The van der Waals surface area contributed by atoms with Gasteiger partial charge in [-0.3, -0.25) is 0 Å². The Kier molecular flexibility index (Phi) is 5.34. The molecular weight excluding hydrogens is 281 g/mol. The van der Waals surface area contributed by atoms with Crippen molar-refractivity contribution in [1.82, 2.24) is 0 Å². The molecule has 1 aromatic rings. The summed E-state index contributed by atoms with van der Waals surface area (Å²) in [6.07, 6.45) is -6.54. The van der Waals surface area contributed by atoms with Crippen LogP contribution in [0.1, 0.15) is 28.9 Å². The number of esters is 1. The number of aliphatic hydroxyl groups excluding tert-OH is 2. The molecule has 0 bridgehead atoms. The molecule has 0 amide bonds. The van der Waals surface area contributed by atoms with Crippen LogP contribution in [0.5, 0.6) is 5.75 Å². The Bertz CT molecular complexity index is 473. The summed E-state index contributed by atoms with van der Waals surface area (Å²) in [7, 11) is 0. The topological polar surface area (TPSA) is 76.0 Å². The minimum atomic E-state index is -4.99. The SMILES string of the molecule is CCOC(=O)c1ccc([C@H](O)CO)c(OC(F)(F)F)c1. The first kappa shape index (κ1) is 16.3. The average Bonchev–Trinajstić information content (AvgIpc) is 2.36. The summed E-state index contributed by atoms with van der Waals surface area (Å²) < 4.78 is 45.3. The van der Waals surface area contributed by atoms with Crippen LogP contribution in [0.15, 0.2) is 18.2 Å². The third-order valence-electron chi connectivity index (χ3n) is 2.28. The number of halogens is 3. The Labute approximate surface area is 112 Å². The molecule has 1 rings (SSSR count). The molecule has 0 unspecified atom stereocenters. The number of carbonyl (C=O) groups excluding carboxylic acids is 1. The van der Waals surface area contributed by atoms with Gasteiger partial charge in [0.25, 0.3) is 0 Å². The monoisotopic (exact) mass is 294 g/mol. The number of hydrogen-bond acceptors (Lipinski definition) is 5. The lowest BCUT2D eigenvalue weighted by molar-refractivity contribution is -0.275. The predicted molar refractivity (Wildman–Crippen MR) is 61.1 cm³/mol. The number of alkyl halides is 3. The Morgan fingerprint density at radius 3 is 2.55 bits per heavy atom. The van der Waals surface area contributed by atoms with Crippen LogP contribution in [-0.2, 0) is 4.74 Å². The second-order valence-corrected chi connectivity index (χ2v) is 3.72. The highest BCUT2D eigenvalue weighted by Crippen LogP contribution is 2.31. The standard InChI is InChI=1S/C12H13F3O5/c1-2-19-11(18)7-3-4-8(9(17)6-16)10(5-7)20-12(13,14)15/h3-5,9,16-17H,2,6H2,1H3/t9-/m1/s1. The maximum absolute atomic E-state index is 12.3. The van der Waals surface area contributed by atoms with Gasteiger partial charge < -0.3 is 19.7 Å². The molecule has 0 aliphatic rings. The summed E-state index contributed by atoms with van der Waals surface area (Å²) in [4.78, 5) is 11.4. The Balaban J connectivity index is 3.17. The average molecular weight is 294 g/mol. The van der Waals surface area contributed by atoms with Gasteiger partial charge in [0.2, 0.25) is 0 Å². The van der Waals surface area contributed by atoms with E-state index in [4.69, 9.17) is 5.11 Å². The van der Waals surface area contributed by atoms with Gasteiger partial charge in [0.15, 0.2) is 0 Å². The molecule has 0 spiro atoms. The summed E-state index contributed by atoms with van der Waals surface area (Å²) in [5, 5.41) is 18.2. The van der Waals surface area contributed by atoms with Crippen molar-refractivity contribution < 1.29 is 37.7 Å². The second kappa shape index (κ2) is 6.58. The molecule has 1 atom stereocenters. The van der Waals surface area contributed by atoms with E-state index in [9.17, 15) is 23.1 Å². The van der Waals surface area contributed by atoms with Crippen LogP contribution < -0.4 is 4.74 Å². The zero-order valence-corrected chi connectivity index (χ0v) is 10.5. The predicted octanol–water partition coefficient (Wildman–Crippen LogP) is 1.79. The molecule has 0 aliphatic heterocycles. The Morgan fingerprint density at radius 2 is 2.05 bits per heavy atom. The third-order valence-corrected chi connectivity index (χ3v) is 2.28. The van der Waals surface area contributed by atoms with Gasteiger partial charge in [0.05, 0.1) is 18.8 Å². The third kappa shape index (κ3) is 4.39. The van der Waals surface area contributed by atoms with Crippen LogP contribution in [0.2, 0.25) is 0 Å². The lowest BCUT2D eigenvalue weighted by atomic mass is 10.1. The van der Waals surface area contributed by atoms with Crippen LogP contribution in [-0.4, -0.2) is 35.8 Å². The van der Waals surface area contributed by atoms with Crippen molar-refractivity contribution in [3.63, 3.8) is 0 Å². The van der Waals surface area contributed by atoms with Crippen LogP contribution in [0.25, 0.3) is 0 Å². The van der Waals surface area contributed by atoms with Crippen molar-refractivity contribution in [1.29, 1.82) is 0 Å². The van der Waals surface area contributed by atoms with Crippen LogP contribution in [0.4, 0.5) is 13.2 Å². The quantitative estimate of drug-likeness (QED) is 0.810. The van der Waals surface area contributed by atoms with Crippen molar-refractivity contribution >= 4 is 5.97 Å². The summed E-state index contributed by atoms with van der Waals surface area (Å²) in [5.74, 6) is -1.57. The van der Waals surface area contributed by atoms with Crippen molar-refractivity contribution in [2.45, 2.75) is 19.4 Å². The number of carbonyl (C=O) groups is 1. The van der Waals surface area contributed by atoms with Crippen LogP contribution in [0.3, 0.4) is 0 Å². The van der Waals surface area contributed by atoms with Crippen molar-refractivity contribution in [3.8, 4) is 5.75 Å². The largest absolute Gasteiger partial charge is 0.573 e. The van der Waals surface area contributed by atoms with E-state index in [2.05, 4.69) is 9.47 Å². The summed E-state index contributed by atoms with van der Waals surface area (Å²) in [6.45, 7) is 0.831. The molecule has 0 saturated carbocycles. The minimum absolute atomic E-state index is 0.0648. The number of ether oxygens (including phenoxy) is 2. The Hall–Kier alpha value is -1.80. The maximum Gasteiger partial charge on any atom is 0.573 e. The molecular formula is C12H13F3O5. The van der Waals surface area contributed by atoms with Gasteiger partial charge in [-0.05, 0) is 19.1 Å². The van der Waals surface area contributed by atoms with Gasteiger partial charge in [0, 0.05) is 5.56 Å². The molecule has 112 valence electrons. The van der Waals surface area contributed by atoms with Crippen molar-refractivity contribution in [3.05, 3.63) is 29.3 Å². The fourth-order valence-electron chi connectivity index (χ4n) is 1.46. The lowest BCUT2D eigenvalue weighted by Crippen LogP contribution is -2.20. The van der Waals surface area contributed by atoms with E-state index in [1.807, 2.05) is 0 Å². The fraction of sp³-hybridized carbons (Fsp3) is 0.417. The molecule has 0 fully saturated rings. The first-order chi connectivity index (χ1) is 9.28. The van der Waals surface area contributed by atoms with E-state index in [1.54, 1.807) is 6.92 Å². The molecule has 0 aromatic heterocycles. The first-order valence-corrected chi connectivity index (χ1v) is 5.64. The smallest absolute Gasteiger partial charge is 0.462 e. The number of hydrogen-bond donors (Lipinski definition) is 2. The maximum atomic E-state index is 12.3. The van der Waals surface area contributed by atoms with E-state index < -0.39 is 30.8 Å². The second-order valence-electron chi connectivity index (χ2n) is 3.72. The number of aliphatic hydroxyl groups is 2. The van der Waals surface area contributed by atoms with Gasteiger partial charge in [-0.25, -0.2) is 4.79 Å². The number of benzene rings is 1. The van der Waals surface area contributed by atoms with E-state index >= 15 is 0 Å². The molecule has 5 nitrogen and oxygen atoms in total. The number of rotatable bonds is 5. The first-order valence-electron chi connectivity index (χ1n) is 5.64. The molecule has 0 saturated heterocycles. The van der Waals surface area contributed by atoms with Crippen LogP contribution >= 0.6 is 0 Å². The lowest BCUT2D eigenvalue weighted by Gasteiger charge is -2.16. The van der Waals surface area contributed by atoms with Crippen molar-refractivity contribution in [2.24, 2.45) is 0 Å². The van der Waals surface area contributed by atoms with Gasteiger partial charge in [0.1, 0.15) is 11.9 Å². The van der Waals surface area contributed by atoms with Crippen LogP contribution in [0, 0.1) is 0 Å². The van der Waals surface area contributed by atoms with E-state index in [0.717, 1.165) is 12.1 Å². The zero-order valence-electron chi connectivity index (χ0n) is 10.5. The van der Waals surface area contributed by atoms with E-state index in [-0.39, 0.29) is 17.7 Å². The summed E-state index contributed by atoms with van der Waals surface area (Å²) >= 11 is 0. The van der Waals surface area contributed by atoms with Crippen molar-refractivity contribution in [2.75, 3.05) is 13.2 Å². The fourth-order valence-corrected chi connectivity index (χ4v) is 1.46. The minimum Gasteiger partial charge on any atom is -0.462 e. The van der Waals surface area contributed by atoms with E-state index in [1.165, 1.54) is 6.07 Å². The van der Waals surface area contributed by atoms with Gasteiger partial charge in [-0.2, -0.15) is 0 Å². The molecule has 8 heteroatoms. The molecule has 20 heavy (non-hydrogen) atoms. The zero-order chi connectivity index (χ0) is 15.3. The highest BCUT2D eigenvalue weighted by atomic mass is 19.4. The van der Waals surface area contributed by atoms with E-state index in [0.29, 0.717) is 0 Å². The summed E-state index contributed by atoms with van der Waals surface area (Å²) in [5.41, 5.74) is -0.433. The molecule has 0 radical (unpaired) electrons. The molecule has 0 heterocycles. The normalized spacial score (nSPS) is 12.9. The molecule has 2 N–H and O–H groups in total. The highest BCUT2D eigenvalue weighted by Gasteiger charge is 2.33.